The summed E-state index contributed by atoms with van der Waals surface area (Å²) < 4.78 is 30.2. The van der Waals surface area contributed by atoms with Crippen LogP contribution in [0.15, 0.2) is 30.9 Å². The summed E-state index contributed by atoms with van der Waals surface area (Å²) in [6, 6.07) is 4.75. The maximum absolute atomic E-state index is 12.0. The van der Waals surface area contributed by atoms with E-state index in [1.807, 2.05) is 0 Å². The highest BCUT2D eigenvalue weighted by Crippen LogP contribution is 2.30. The number of anilines is 1. The molecule has 1 rings (SSSR count). The number of methoxy groups -OCH3 is 1. The smallest absolute Gasteiger partial charge is 0.232 e. The van der Waals surface area contributed by atoms with Crippen molar-refractivity contribution in [2.24, 2.45) is 0 Å². The van der Waals surface area contributed by atoms with Gasteiger partial charge in [0.15, 0.2) is 0 Å². The molecule has 0 spiro atoms. The Labute approximate surface area is 142 Å². The van der Waals surface area contributed by atoms with Gasteiger partial charge in [-0.3, -0.25) is 9.10 Å². The second kappa shape index (κ2) is 8.79. The summed E-state index contributed by atoms with van der Waals surface area (Å²) in [5, 5.41) is 2.97. The third-order valence-electron chi connectivity index (χ3n) is 3.03. The van der Waals surface area contributed by atoms with Gasteiger partial charge >= 0.3 is 0 Å². The van der Waals surface area contributed by atoms with Crippen LogP contribution < -0.4 is 14.4 Å². The molecular weight excluding hydrogens is 340 g/mol. The second-order valence-corrected chi connectivity index (χ2v) is 7.16. The minimum absolute atomic E-state index is 0.147. The number of amides is 1. The Balaban J connectivity index is 2.80. The molecular formula is C15H21ClN2O4S. The van der Waals surface area contributed by atoms with E-state index in [1.165, 1.54) is 17.5 Å². The molecule has 0 bridgehead atoms. The lowest BCUT2D eigenvalue weighted by Gasteiger charge is -2.23. The molecule has 0 heterocycles. The number of carbonyl (C=O) groups is 1. The Morgan fingerprint density at radius 2 is 2.17 bits per heavy atom. The fourth-order valence-electron chi connectivity index (χ4n) is 1.95. The van der Waals surface area contributed by atoms with Gasteiger partial charge in [0.1, 0.15) is 5.75 Å². The number of carbonyl (C=O) groups excluding carboxylic acids is 1. The van der Waals surface area contributed by atoms with E-state index in [0.717, 1.165) is 6.26 Å². The summed E-state index contributed by atoms with van der Waals surface area (Å²) in [6.45, 7) is 4.09. The SMILES string of the molecule is C=CCNC(=O)CCCN(c1ccc(OC)c(Cl)c1)S(C)(=O)=O. The molecule has 23 heavy (non-hydrogen) atoms. The van der Waals surface area contributed by atoms with Gasteiger partial charge < -0.3 is 10.1 Å². The first-order chi connectivity index (χ1) is 10.8. The number of rotatable bonds is 9. The number of benzene rings is 1. The molecule has 1 aromatic carbocycles. The molecule has 0 atom stereocenters. The van der Waals surface area contributed by atoms with E-state index in [2.05, 4.69) is 11.9 Å². The van der Waals surface area contributed by atoms with Crippen molar-refractivity contribution in [2.75, 3.05) is 30.8 Å². The largest absolute Gasteiger partial charge is 0.495 e. The lowest BCUT2D eigenvalue weighted by atomic mass is 10.2. The maximum Gasteiger partial charge on any atom is 0.232 e. The highest BCUT2D eigenvalue weighted by molar-refractivity contribution is 7.92. The summed E-state index contributed by atoms with van der Waals surface area (Å²) in [5.41, 5.74) is 0.435. The van der Waals surface area contributed by atoms with Crippen molar-refractivity contribution in [3.8, 4) is 5.75 Å². The summed E-state index contributed by atoms with van der Waals surface area (Å²) in [6.07, 6.45) is 3.31. The number of hydrogen-bond acceptors (Lipinski definition) is 4. The summed E-state index contributed by atoms with van der Waals surface area (Å²) in [5.74, 6) is 0.318. The van der Waals surface area contributed by atoms with Crippen LogP contribution in [-0.4, -0.2) is 40.8 Å². The number of ether oxygens (including phenoxy) is 1. The Bertz CT molecular complexity index is 661. The normalized spacial score (nSPS) is 10.9. The lowest BCUT2D eigenvalue weighted by Crippen LogP contribution is -2.32. The zero-order chi connectivity index (χ0) is 17.5. The Morgan fingerprint density at radius 3 is 2.70 bits per heavy atom. The van der Waals surface area contributed by atoms with Crippen molar-refractivity contribution in [1.82, 2.24) is 5.32 Å². The van der Waals surface area contributed by atoms with Gasteiger partial charge in [0, 0.05) is 19.5 Å². The van der Waals surface area contributed by atoms with Gasteiger partial charge in [-0.05, 0) is 24.6 Å². The number of nitrogens with zero attached hydrogens (tertiary/aromatic N) is 1. The topological polar surface area (TPSA) is 75.7 Å². The summed E-state index contributed by atoms with van der Waals surface area (Å²) >= 11 is 6.05. The first-order valence-electron chi connectivity index (χ1n) is 6.98. The van der Waals surface area contributed by atoms with E-state index >= 15 is 0 Å². The van der Waals surface area contributed by atoms with Gasteiger partial charge in [-0.25, -0.2) is 8.42 Å². The van der Waals surface area contributed by atoms with Crippen LogP contribution in [0, 0.1) is 0 Å². The summed E-state index contributed by atoms with van der Waals surface area (Å²) in [4.78, 5) is 11.5. The predicted octanol–water partition coefficient (Wildman–Crippen LogP) is 2.20. The van der Waals surface area contributed by atoms with E-state index in [9.17, 15) is 13.2 Å². The third kappa shape index (κ3) is 6.11. The molecule has 0 fully saturated rings. The van der Waals surface area contributed by atoms with E-state index in [0.29, 0.717) is 29.4 Å². The molecule has 0 aromatic heterocycles. The average Bonchev–Trinajstić information content (AvgIpc) is 2.48. The van der Waals surface area contributed by atoms with Crippen molar-refractivity contribution >= 4 is 33.2 Å². The molecule has 0 saturated heterocycles. The maximum atomic E-state index is 12.0. The molecule has 0 aliphatic rings. The van der Waals surface area contributed by atoms with Crippen LogP contribution in [0.3, 0.4) is 0 Å². The first-order valence-corrected chi connectivity index (χ1v) is 9.21. The highest BCUT2D eigenvalue weighted by atomic mass is 35.5. The molecule has 1 amide bonds. The van der Waals surface area contributed by atoms with E-state index in [1.54, 1.807) is 18.2 Å². The predicted molar refractivity (Wildman–Crippen MR) is 92.6 cm³/mol. The van der Waals surface area contributed by atoms with Gasteiger partial charge in [0.2, 0.25) is 15.9 Å². The fourth-order valence-corrected chi connectivity index (χ4v) is 3.16. The Morgan fingerprint density at radius 1 is 1.48 bits per heavy atom. The van der Waals surface area contributed by atoms with Gasteiger partial charge in [-0.2, -0.15) is 0 Å². The van der Waals surface area contributed by atoms with Gasteiger partial charge in [0.25, 0.3) is 0 Å². The van der Waals surface area contributed by atoms with Crippen molar-refractivity contribution in [3.63, 3.8) is 0 Å². The van der Waals surface area contributed by atoms with Gasteiger partial charge in [0.05, 0.1) is 24.1 Å². The van der Waals surface area contributed by atoms with Crippen molar-refractivity contribution in [1.29, 1.82) is 0 Å². The summed E-state index contributed by atoms with van der Waals surface area (Å²) in [7, 11) is -2.00. The van der Waals surface area contributed by atoms with Gasteiger partial charge in [-0.15, -0.1) is 6.58 Å². The number of halogens is 1. The molecule has 8 heteroatoms. The van der Waals surface area contributed by atoms with Crippen LogP contribution in [0.25, 0.3) is 0 Å². The first kappa shape index (κ1) is 19.3. The van der Waals surface area contributed by atoms with Crippen LogP contribution in [0.1, 0.15) is 12.8 Å². The molecule has 128 valence electrons. The van der Waals surface area contributed by atoms with Crippen LogP contribution in [0.2, 0.25) is 5.02 Å². The molecule has 0 unspecified atom stereocenters. The van der Waals surface area contributed by atoms with Crippen LogP contribution >= 0.6 is 11.6 Å². The number of nitrogens with one attached hydrogen (secondary N) is 1. The van der Waals surface area contributed by atoms with Crippen molar-refractivity contribution < 1.29 is 17.9 Å². The fraction of sp³-hybridized carbons (Fsp3) is 0.400. The van der Waals surface area contributed by atoms with E-state index < -0.39 is 10.0 Å². The van der Waals surface area contributed by atoms with Crippen molar-refractivity contribution in [2.45, 2.75) is 12.8 Å². The van der Waals surface area contributed by atoms with Crippen LogP contribution in [-0.2, 0) is 14.8 Å². The molecule has 0 saturated carbocycles. The second-order valence-electron chi connectivity index (χ2n) is 4.85. The molecule has 6 nitrogen and oxygen atoms in total. The molecule has 0 aliphatic carbocycles. The zero-order valence-electron chi connectivity index (χ0n) is 13.2. The van der Waals surface area contributed by atoms with E-state index in [-0.39, 0.29) is 18.9 Å². The third-order valence-corrected chi connectivity index (χ3v) is 4.52. The van der Waals surface area contributed by atoms with Crippen LogP contribution in [0.4, 0.5) is 5.69 Å². The minimum Gasteiger partial charge on any atom is -0.495 e. The van der Waals surface area contributed by atoms with Gasteiger partial charge in [-0.1, -0.05) is 17.7 Å². The van der Waals surface area contributed by atoms with Crippen molar-refractivity contribution in [3.05, 3.63) is 35.9 Å². The van der Waals surface area contributed by atoms with Crippen LogP contribution in [0.5, 0.6) is 5.75 Å². The zero-order valence-corrected chi connectivity index (χ0v) is 14.8. The molecule has 1 aromatic rings. The number of sulfonamides is 1. The minimum atomic E-state index is -3.48. The average molecular weight is 361 g/mol. The molecule has 0 aliphatic heterocycles. The standard InChI is InChI=1S/C15H21ClN2O4S/c1-4-9-17-15(19)6-5-10-18(23(3,20)21)12-7-8-14(22-2)13(16)11-12/h4,7-8,11H,1,5-6,9-10H2,2-3H3,(H,17,19). The molecule has 1 N–H and O–H groups in total. The quantitative estimate of drug-likeness (QED) is 0.685. The lowest BCUT2D eigenvalue weighted by molar-refractivity contribution is -0.120. The highest BCUT2D eigenvalue weighted by Gasteiger charge is 2.18. The Hall–Kier alpha value is -1.73. The monoisotopic (exact) mass is 360 g/mol. The Kier molecular flexibility index (Phi) is 7.38. The molecule has 0 radical (unpaired) electrons. The number of hydrogen-bond donors (Lipinski definition) is 1. The van der Waals surface area contributed by atoms with E-state index in [4.69, 9.17) is 16.3 Å².